The number of halogens is 4. The number of rotatable bonds is 10. The smallest absolute Gasteiger partial charge is 0.224 e. The van der Waals surface area contributed by atoms with Crippen molar-refractivity contribution >= 4 is 31.3 Å². The van der Waals surface area contributed by atoms with Crippen LogP contribution in [0, 0.1) is 17.7 Å². The molecule has 4 nitrogen and oxygen atoms in total. The van der Waals surface area contributed by atoms with Crippen molar-refractivity contribution in [1.29, 1.82) is 0 Å². The Morgan fingerprint density at radius 3 is 2.26 bits per heavy atom. The van der Waals surface area contributed by atoms with Crippen LogP contribution in [0.2, 0.25) is 5.02 Å². The maximum atomic E-state index is 14.1. The van der Waals surface area contributed by atoms with Crippen molar-refractivity contribution in [3.8, 4) is 0 Å². The van der Waals surface area contributed by atoms with Crippen LogP contribution >= 0.6 is 11.6 Å². The molecule has 1 aliphatic carbocycles. The summed E-state index contributed by atoms with van der Waals surface area (Å²) >= 11 is 5.69. The van der Waals surface area contributed by atoms with Gasteiger partial charge in [-0.05, 0) is 81.7 Å². The monoisotopic (exact) mass is 550 g/mol. The lowest BCUT2D eigenvalue weighted by molar-refractivity contribution is -0.00849. The molecule has 2 aromatic carbocycles. The van der Waals surface area contributed by atoms with Crippen LogP contribution in [0.25, 0.3) is 0 Å². The second kappa shape index (κ2) is 10.1. The molecule has 194 valence electrons. The van der Waals surface area contributed by atoms with Crippen LogP contribution in [0.1, 0.15) is 58.4 Å². The fourth-order valence-corrected chi connectivity index (χ4v) is 7.89. The second-order valence-electron chi connectivity index (χ2n) is 9.76. The van der Waals surface area contributed by atoms with Crippen molar-refractivity contribution in [2.45, 2.75) is 73.3 Å². The number of alkyl halides is 2. The summed E-state index contributed by atoms with van der Waals surface area (Å²) in [6, 6.07) is 8.33. The van der Waals surface area contributed by atoms with Crippen molar-refractivity contribution in [2.24, 2.45) is 11.8 Å². The van der Waals surface area contributed by atoms with Crippen molar-refractivity contribution < 1.29 is 30.0 Å². The second-order valence-corrected chi connectivity index (χ2v) is 14.8. The van der Waals surface area contributed by atoms with Crippen molar-refractivity contribution in [3.63, 3.8) is 0 Å². The lowest BCUT2D eigenvalue weighted by atomic mass is 9.67. The van der Waals surface area contributed by atoms with Crippen LogP contribution in [0.3, 0.4) is 0 Å². The van der Waals surface area contributed by atoms with E-state index >= 15 is 0 Å². The Kier molecular flexibility index (Phi) is 8.04. The predicted octanol–water partition coefficient (Wildman–Crippen LogP) is 6.81. The third-order valence-corrected chi connectivity index (χ3v) is 11.9. The van der Waals surface area contributed by atoms with Crippen LogP contribution in [0.15, 0.2) is 52.3 Å². The van der Waals surface area contributed by atoms with Gasteiger partial charge in [0, 0.05) is 12.0 Å². The maximum Gasteiger partial charge on any atom is 0.273 e. The van der Waals surface area contributed by atoms with E-state index < -0.39 is 42.6 Å². The molecule has 0 aromatic heterocycles. The number of hydrogen-bond acceptors (Lipinski definition) is 4. The first-order valence-electron chi connectivity index (χ1n) is 11.5. The van der Waals surface area contributed by atoms with Crippen molar-refractivity contribution in [3.05, 3.63) is 58.9 Å². The summed E-state index contributed by atoms with van der Waals surface area (Å²) in [5, 5.41) is -0.250. The Bertz CT molecular complexity index is 1290. The molecule has 0 bridgehead atoms. The van der Waals surface area contributed by atoms with Gasteiger partial charge in [-0.2, -0.15) is 0 Å². The summed E-state index contributed by atoms with van der Waals surface area (Å²) < 4.78 is 92.1. The van der Waals surface area contributed by atoms with Gasteiger partial charge in [-0.15, -0.1) is 0 Å². The van der Waals surface area contributed by atoms with Gasteiger partial charge in [0.1, 0.15) is 5.82 Å². The lowest BCUT2D eigenvalue weighted by Crippen LogP contribution is -2.46. The summed E-state index contributed by atoms with van der Waals surface area (Å²) in [6.45, 7) is 4.59. The molecule has 0 aliphatic heterocycles. The lowest BCUT2D eigenvalue weighted by Gasteiger charge is -2.45. The minimum Gasteiger partial charge on any atom is -0.224 e. The zero-order valence-corrected chi connectivity index (χ0v) is 22.3. The largest absolute Gasteiger partial charge is 0.273 e. The van der Waals surface area contributed by atoms with Crippen LogP contribution in [-0.4, -0.2) is 27.3 Å². The molecule has 1 saturated carbocycles. The highest BCUT2D eigenvalue weighted by atomic mass is 35.5. The summed E-state index contributed by atoms with van der Waals surface area (Å²) in [6.07, 6.45) is 1.79. The van der Waals surface area contributed by atoms with E-state index in [1.807, 2.05) is 0 Å². The van der Waals surface area contributed by atoms with Crippen LogP contribution < -0.4 is 0 Å². The summed E-state index contributed by atoms with van der Waals surface area (Å²) in [5.41, 5.74) is -0.313. The van der Waals surface area contributed by atoms with E-state index in [0.717, 1.165) is 18.2 Å². The molecular formula is C25H30ClF3O4S2. The van der Waals surface area contributed by atoms with Crippen molar-refractivity contribution in [2.75, 3.05) is 5.75 Å². The predicted molar refractivity (Wildman–Crippen MR) is 131 cm³/mol. The van der Waals surface area contributed by atoms with E-state index in [1.54, 1.807) is 13.8 Å². The highest BCUT2D eigenvalue weighted by Crippen LogP contribution is 2.48. The van der Waals surface area contributed by atoms with Gasteiger partial charge in [0.05, 0.1) is 25.3 Å². The Labute approximate surface area is 210 Å². The van der Waals surface area contributed by atoms with E-state index in [9.17, 15) is 30.0 Å². The topological polar surface area (TPSA) is 68.3 Å². The van der Waals surface area contributed by atoms with Gasteiger partial charge in [-0.25, -0.2) is 30.0 Å². The van der Waals surface area contributed by atoms with Crippen LogP contribution in [0.5, 0.6) is 0 Å². The quantitative estimate of drug-likeness (QED) is 0.305. The molecule has 0 atom stereocenters. The standard InChI is InChI=1S/C25H30ClF3O4S2/c1-4-25(28,29)18-8-5-9-21(15-18)35(32,33)24(2,3)19-13-17(14-19)7-6-12-34(30,31)20-10-11-23(27)22(26)16-20/h5,8-11,15-17,19H,4,6-7,12-14H2,1-3H3. The maximum absolute atomic E-state index is 14.1. The molecule has 0 unspecified atom stereocenters. The fourth-order valence-electron chi connectivity index (χ4n) is 4.51. The summed E-state index contributed by atoms with van der Waals surface area (Å²) in [5.74, 6) is -3.89. The normalized spacial score (nSPS) is 19.4. The Balaban J connectivity index is 1.60. The van der Waals surface area contributed by atoms with Gasteiger partial charge in [-0.1, -0.05) is 30.7 Å². The Morgan fingerprint density at radius 1 is 1.00 bits per heavy atom. The van der Waals surface area contributed by atoms with E-state index in [2.05, 4.69) is 0 Å². The number of benzene rings is 2. The average molecular weight is 551 g/mol. The van der Waals surface area contributed by atoms with E-state index in [0.29, 0.717) is 25.7 Å². The highest BCUT2D eigenvalue weighted by molar-refractivity contribution is 7.92. The molecule has 0 N–H and O–H groups in total. The molecule has 0 spiro atoms. The van der Waals surface area contributed by atoms with Crippen LogP contribution in [0.4, 0.5) is 13.2 Å². The van der Waals surface area contributed by atoms with E-state index in [4.69, 9.17) is 11.6 Å². The third-order valence-electron chi connectivity index (χ3n) is 7.20. The van der Waals surface area contributed by atoms with Gasteiger partial charge in [0.25, 0.3) is 5.92 Å². The van der Waals surface area contributed by atoms with Gasteiger partial charge in [-0.3, -0.25) is 0 Å². The minimum absolute atomic E-state index is 0.0292. The zero-order chi connectivity index (χ0) is 26.2. The first kappa shape index (κ1) is 28.0. The fraction of sp³-hybridized carbons (Fsp3) is 0.520. The van der Waals surface area contributed by atoms with Gasteiger partial charge in [0.15, 0.2) is 19.7 Å². The van der Waals surface area contributed by atoms with Crippen LogP contribution in [-0.2, 0) is 25.6 Å². The highest BCUT2D eigenvalue weighted by Gasteiger charge is 2.48. The first-order chi connectivity index (χ1) is 16.1. The molecule has 0 radical (unpaired) electrons. The van der Waals surface area contributed by atoms with Crippen molar-refractivity contribution in [1.82, 2.24) is 0 Å². The summed E-state index contributed by atoms with van der Waals surface area (Å²) in [7, 11) is -7.48. The Hall–Kier alpha value is -1.58. The molecule has 0 saturated heterocycles. The molecule has 2 aromatic rings. The molecule has 1 aliphatic rings. The first-order valence-corrected chi connectivity index (χ1v) is 15.0. The molecule has 1 fully saturated rings. The zero-order valence-electron chi connectivity index (χ0n) is 19.9. The molecule has 0 heterocycles. The molecule has 10 heteroatoms. The third kappa shape index (κ3) is 5.72. The molecule has 35 heavy (non-hydrogen) atoms. The number of sulfone groups is 2. The molecule has 3 rings (SSSR count). The average Bonchev–Trinajstić information content (AvgIpc) is 2.76. The minimum atomic E-state index is -3.87. The number of hydrogen-bond donors (Lipinski definition) is 0. The van der Waals surface area contributed by atoms with Gasteiger partial charge in [0.2, 0.25) is 0 Å². The Morgan fingerprint density at radius 2 is 1.66 bits per heavy atom. The molecular weight excluding hydrogens is 521 g/mol. The summed E-state index contributed by atoms with van der Waals surface area (Å²) in [4.78, 5) is -0.140. The van der Waals surface area contributed by atoms with Gasteiger partial charge >= 0.3 is 0 Å². The van der Waals surface area contributed by atoms with Gasteiger partial charge < -0.3 is 0 Å². The molecule has 0 amide bonds. The van der Waals surface area contributed by atoms with E-state index in [-0.39, 0.29) is 38.0 Å². The van der Waals surface area contributed by atoms with E-state index in [1.165, 1.54) is 31.2 Å². The SMILES string of the molecule is CCC(F)(F)c1cccc(S(=O)(=O)C(C)(C)C2CC(CCCS(=O)(=O)c3ccc(F)c(Cl)c3)C2)c1.